The highest BCUT2D eigenvalue weighted by molar-refractivity contribution is 6.00. The monoisotopic (exact) mass is 286 g/mol. The number of carbonyl (C=O) groups is 1. The van der Waals surface area contributed by atoms with E-state index in [1.807, 2.05) is 18.2 Å². The minimum Gasteiger partial charge on any atom is -0.348 e. The van der Waals surface area contributed by atoms with Gasteiger partial charge in [-0.15, -0.1) is 0 Å². The standard InChI is InChI=1S/C15H18N4O2/c1-10-17-15(21-19-10)13-7-3-2-6-12(13)14(20)18-11-5-4-8-16-9-11/h2-3,6-7,11,16H,4-5,8-9H2,1H3,(H,18,20). The molecule has 6 heteroatoms. The molecule has 0 radical (unpaired) electrons. The topological polar surface area (TPSA) is 80.0 Å². The number of benzene rings is 1. The van der Waals surface area contributed by atoms with Gasteiger partial charge in [0.2, 0.25) is 0 Å². The van der Waals surface area contributed by atoms with Crippen LogP contribution in [0.15, 0.2) is 28.8 Å². The fourth-order valence-corrected chi connectivity index (χ4v) is 2.51. The Balaban J connectivity index is 1.82. The Kier molecular flexibility index (Phi) is 3.96. The van der Waals surface area contributed by atoms with E-state index in [9.17, 15) is 4.79 Å². The summed E-state index contributed by atoms with van der Waals surface area (Å²) in [5.41, 5.74) is 1.23. The minimum atomic E-state index is -0.102. The quantitative estimate of drug-likeness (QED) is 0.894. The van der Waals surface area contributed by atoms with Gasteiger partial charge in [-0.2, -0.15) is 4.98 Å². The second kappa shape index (κ2) is 6.05. The number of nitrogens with one attached hydrogen (secondary N) is 2. The maximum absolute atomic E-state index is 12.5. The molecule has 2 aromatic rings. The lowest BCUT2D eigenvalue weighted by Crippen LogP contribution is -2.45. The Hall–Kier alpha value is -2.21. The molecule has 2 N–H and O–H groups in total. The molecule has 1 amide bonds. The van der Waals surface area contributed by atoms with Crippen molar-refractivity contribution in [2.75, 3.05) is 13.1 Å². The van der Waals surface area contributed by atoms with Crippen LogP contribution in [0.1, 0.15) is 29.0 Å². The van der Waals surface area contributed by atoms with Crippen molar-refractivity contribution in [1.82, 2.24) is 20.8 Å². The van der Waals surface area contributed by atoms with Crippen LogP contribution in [0, 0.1) is 6.92 Å². The fraction of sp³-hybridized carbons (Fsp3) is 0.400. The average molecular weight is 286 g/mol. The van der Waals surface area contributed by atoms with Crippen LogP contribution in [0.2, 0.25) is 0 Å². The van der Waals surface area contributed by atoms with Gasteiger partial charge in [-0.05, 0) is 38.4 Å². The van der Waals surface area contributed by atoms with Crippen LogP contribution >= 0.6 is 0 Å². The highest BCUT2D eigenvalue weighted by Crippen LogP contribution is 2.22. The third-order valence-electron chi connectivity index (χ3n) is 3.56. The molecule has 21 heavy (non-hydrogen) atoms. The number of piperidine rings is 1. The first-order chi connectivity index (χ1) is 10.2. The van der Waals surface area contributed by atoms with E-state index in [-0.39, 0.29) is 11.9 Å². The van der Waals surface area contributed by atoms with Crippen LogP contribution in [-0.2, 0) is 0 Å². The number of aryl methyl sites for hydroxylation is 1. The number of carbonyl (C=O) groups excluding carboxylic acids is 1. The summed E-state index contributed by atoms with van der Waals surface area (Å²) in [7, 11) is 0. The Bertz CT molecular complexity index is 632. The second-order valence-electron chi connectivity index (χ2n) is 5.21. The van der Waals surface area contributed by atoms with Gasteiger partial charge in [0, 0.05) is 12.6 Å². The minimum absolute atomic E-state index is 0.102. The summed E-state index contributed by atoms with van der Waals surface area (Å²) >= 11 is 0. The summed E-state index contributed by atoms with van der Waals surface area (Å²) < 4.78 is 5.18. The molecule has 110 valence electrons. The summed E-state index contributed by atoms with van der Waals surface area (Å²) in [6.45, 7) is 3.58. The highest BCUT2D eigenvalue weighted by Gasteiger charge is 2.20. The number of hydrogen-bond donors (Lipinski definition) is 2. The van der Waals surface area contributed by atoms with Crippen molar-refractivity contribution in [2.24, 2.45) is 0 Å². The van der Waals surface area contributed by atoms with Crippen molar-refractivity contribution in [1.29, 1.82) is 0 Å². The normalized spacial score (nSPS) is 18.4. The number of rotatable bonds is 3. The van der Waals surface area contributed by atoms with E-state index in [4.69, 9.17) is 4.52 Å². The molecule has 1 aliphatic rings. The van der Waals surface area contributed by atoms with Gasteiger partial charge in [0.1, 0.15) is 0 Å². The summed E-state index contributed by atoms with van der Waals surface area (Å²) in [6, 6.07) is 7.46. The van der Waals surface area contributed by atoms with E-state index in [0.29, 0.717) is 22.8 Å². The van der Waals surface area contributed by atoms with Gasteiger partial charge in [0.05, 0.1) is 11.1 Å². The smallest absolute Gasteiger partial charge is 0.258 e. The van der Waals surface area contributed by atoms with E-state index < -0.39 is 0 Å². The Labute approximate surface area is 122 Å². The van der Waals surface area contributed by atoms with Crippen molar-refractivity contribution in [3.8, 4) is 11.5 Å². The molecule has 6 nitrogen and oxygen atoms in total. The van der Waals surface area contributed by atoms with Crippen LogP contribution in [0.3, 0.4) is 0 Å². The molecule has 1 aromatic carbocycles. The lowest BCUT2D eigenvalue weighted by molar-refractivity contribution is 0.0931. The van der Waals surface area contributed by atoms with Crippen molar-refractivity contribution in [3.63, 3.8) is 0 Å². The van der Waals surface area contributed by atoms with E-state index in [0.717, 1.165) is 25.9 Å². The van der Waals surface area contributed by atoms with E-state index in [2.05, 4.69) is 20.8 Å². The molecule has 1 fully saturated rings. The third-order valence-corrected chi connectivity index (χ3v) is 3.56. The summed E-state index contributed by atoms with van der Waals surface area (Å²) in [6.07, 6.45) is 2.08. The van der Waals surface area contributed by atoms with Gasteiger partial charge in [-0.3, -0.25) is 4.79 Å². The molecule has 0 bridgehead atoms. The first-order valence-electron chi connectivity index (χ1n) is 7.15. The van der Waals surface area contributed by atoms with E-state index in [1.54, 1.807) is 13.0 Å². The molecular formula is C15H18N4O2. The van der Waals surface area contributed by atoms with Gasteiger partial charge in [-0.1, -0.05) is 17.3 Å². The van der Waals surface area contributed by atoms with Crippen molar-refractivity contribution in [2.45, 2.75) is 25.8 Å². The molecule has 1 aromatic heterocycles. The maximum atomic E-state index is 12.5. The summed E-state index contributed by atoms with van der Waals surface area (Å²) in [5.74, 6) is 0.826. The molecule has 3 rings (SSSR count). The van der Waals surface area contributed by atoms with Crippen LogP contribution in [0.25, 0.3) is 11.5 Å². The second-order valence-corrected chi connectivity index (χ2v) is 5.21. The molecule has 1 atom stereocenters. The average Bonchev–Trinajstić information content (AvgIpc) is 2.95. The largest absolute Gasteiger partial charge is 0.348 e. The van der Waals surface area contributed by atoms with Gasteiger partial charge in [-0.25, -0.2) is 0 Å². The first kappa shape index (κ1) is 13.8. The van der Waals surface area contributed by atoms with Gasteiger partial charge >= 0.3 is 0 Å². The predicted molar refractivity (Wildman–Crippen MR) is 77.8 cm³/mol. The summed E-state index contributed by atoms with van der Waals surface area (Å²) in [5, 5.41) is 10.1. The fourth-order valence-electron chi connectivity index (χ4n) is 2.51. The summed E-state index contributed by atoms with van der Waals surface area (Å²) in [4.78, 5) is 16.7. The van der Waals surface area contributed by atoms with Gasteiger partial charge < -0.3 is 15.2 Å². The third kappa shape index (κ3) is 3.11. The van der Waals surface area contributed by atoms with E-state index >= 15 is 0 Å². The van der Waals surface area contributed by atoms with Crippen LogP contribution in [-0.4, -0.2) is 35.2 Å². The van der Waals surface area contributed by atoms with Crippen molar-refractivity contribution >= 4 is 5.91 Å². The molecule has 1 saturated heterocycles. The van der Waals surface area contributed by atoms with Crippen molar-refractivity contribution < 1.29 is 9.32 Å². The molecular weight excluding hydrogens is 268 g/mol. The zero-order chi connectivity index (χ0) is 14.7. The lowest BCUT2D eigenvalue weighted by atomic mass is 10.0. The number of aromatic nitrogens is 2. The Morgan fingerprint density at radius 1 is 1.43 bits per heavy atom. The van der Waals surface area contributed by atoms with Gasteiger partial charge in [0.25, 0.3) is 11.8 Å². The molecule has 1 aliphatic heterocycles. The number of nitrogens with zero attached hydrogens (tertiary/aromatic N) is 2. The van der Waals surface area contributed by atoms with E-state index in [1.165, 1.54) is 0 Å². The zero-order valence-corrected chi connectivity index (χ0v) is 11.9. The SMILES string of the molecule is Cc1noc(-c2ccccc2C(=O)NC2CCCNC2)n1. The molecule has 1 unspecified atom stereocenters. The number of hydrogen-bond acceptors (Lipinski definition) is 5. The Morgan fingerprint density at radius 2 is 2.29 bits per heavy atom. The van der Waals surface area contributed by atoms with Crippen LogP contribution < -0.4 is 10.6 Å². The molecule has 0 saturated carbocycles. The van der Waals surface area contributed by atoms with Crippen LogP contribution in [0.5, 0.6) is 0 Å². The molecule has 0 spiro atoms. The molecule has 0 aliphatic carbocycles. The first-order valence-corrected chi connectivity index (χ1v) is 7.15. The highest BCUT2D eigenvalue weighted by atomic mass is 16.5. The lowest BCUT2D eigenvalue weighted by Gasteiger charge is -2.24. The maximum Gasteiger partial charge on any atom is 0.258 e. The van der Waals surface area contributed by atoms with Gasteiger partial charge in [0.15, 0.2) is 5.82 Å². The number of amides is 1. The molecule has 2 heterocycles. The predicted octanol–water partition coefficient (Wildman–Crippen LogP) is 1.53. The van der Waals surface area contributed by atoms with Crippen molar-refractivity contribution in [3.05, 3.63) is 35.7 Å². The Morgan fingerprint density at radius 3 is 3.00 bits per heavy atom. The van der Waals surface area contributed by atoms with Crippen LogP contribution in [0.4, 0.5) is 0 Å². The zero-order valence-electron chi connectivity index (χ0n) is 11.9.